The summed E-state index contributed by atoms with van der Waals surface area (Å²) < 4.78 is 35.9. The number of nitrogens with zero attached hydrogens (tertiary/aromatic N) is 3. The zero-order valence-corrected chi connectivity index (χ0v) is 6.61. The van der Waals surface area contributed by atoms with Crippen LogP contribution in [0, 0.1) is 20.2 Å². The number of alkyl halides is 3. The molecule has 0 bridgehead atoms. The summed E-state index contributed by atoms with van der Waals surface area (Å²) in [5.41, 5.74) is 0. The first-order chi connectivity index (χ1) is 6.73. The number of halogens is 3. The fourth-order valence-electron chi connectivity index (χ4n) is 0.744. The van der Waals surface area contributed by atoms with Gasteiger partial charge < -0.3 is 20.2 Å². The number of nitro groups is 2. The van der Waals surface area contributed by atoms with Crippen LogP contribution in [0.5, 0.6) is 0 Å². The quantitative estimate of drug-likeness (QED) is 0.601. The Morgan fingerprint density at radius 3 is 2.00 bits per heavy atom. The summed E-state index contributed by atoms with van der Waals surface area (Å²) in [6, 6.07) is 0. The van der Waals surface area contributed by atoms with E-state index in [1.807, 2.05) is 0 Å². The number of nitrogens with one attached hydrogen (secondary N) is 1. The van der Waals surface area contributed by atoms with Crippen molar-refractivity contribution in [1.82, 2.24) is 9.97 Å². The summed E-state index contributed by atoms with van der Waals surface area (Å²) in [4.78, 5) is 21.2. The highest BCUT2D eigenvalue weighted by Crippen LogP contribution is 2.32. The van der Waals surface area contributed by atoms with Crippen molar-refractivity contribution in [2.75, 3.05) is 0 Å². The van der Waals surface area contributed by atoms with Crippen LogP contribution in [-0.2, 0) is 6.18 Å². The van der Waals surface area contributed by atoms with Crippen LogP contribution >= 0.6 is 0 Å². The van der Waals surface area contributed by atoms with Crippen molar-refractivity contribution in [2.45, 2.75) is 6.18 Å². The number of hydrogen-bond donors (Lipinski definition) is 1. The SMILES string of the molecule is O=[N+]([O-])c1nc(C(F)(F)F)[nH]c1[N+](=O)[O-]. The van der Waals surface area contributed by atoms with Crippen LogP contribution < -0.4 is 0 Å². The van der Waals surface area contributed by atoms with Gasteiger partial charge in [-0.1, -0.05) is 0 Å². The molecule has 1 heterocycles. The van der Waals surface area contributed by atoms with Gasteiger partial charge >= 0.3 is 23.6 Å². The van der Waals surface area contributed by atoms with Gasteiger partial charge in [0.1, 0.15) is 0 Å². The van der Waals surface area contributed by atoms with Gasteiger partial charge in [0.25, 0.3) is 0 Å². The molecule has 0 atom stereocenters. The molecule has 15 heavy (non-hydrogen) atoms. The number of aromatic nitrogens is 2. The van der Waals surface area contributed by atoms with Crippen LogP contribution in [0.4, 0.5) is 24.8 Å². The summed E-state index contributed by atoms with van der Waals surface area (Å²) in [5, 5.41) is 20.2. The summed E-state index contributed by atoms with van der Waals surface area (Å²) in [7, 11) is 0. The second kappa shape index (κ2) is 3.18. The largest absolute Gasteiger partial charge is 0.499 e. The van der Waals surface area contributed by atoms with E-state index in [0.717, 1.165) is 0 Å². The Balaban J connectivity index is 3.34. The van der Waals surface area contributed by atoms with E-state index < -0.39 is 33.5 Å². The lowest BCUT2D eigenvalue weighted by Gasteiger charge is -1.91. The maximum Gasteiger partial charge on any atom is 0.499 e. The molecule has 1 aromatic rings. The molecular weight excluding hydrogens is 225 g/mol. The first-order valence-electron chi connectivity index (χ1n) is 3.19. The lowest BCUT2D eigenvalue weighted by molar-refractivity contribution is -0.427. The molecule has 0 aromatic carbocycles. The minimum atomic E-state index is -5.00. The molecule has 0 aliphatic rings. The molecule has 0 aliphatic carbocycles. The normalized spacial score (nSPS) is 11.4. The molecule has 11 heteroatoms. The van der Waals surface area contributed by atoms with Gasteiger partial charge in [-0.3, -0.25) is 0 Å². The highest BCUT2D eigenvalue weighted by molar-refractivity contribution is 5.41. The van der Waals surface area contributed by atoms with Crippen LogP contribution in [0.15, 0.2) is 0 Å². The van der Waals surface area contributed by atoms with Gasteiger partial charge in [0, 0.05) is 4.98 Å². The Hall–Kier alpha value is -2.20. The average Bonchev–Trinajstić information content (AvgIpc) is 2.45. The minimum Gasteiger partial charge on any atom is -0.358 e. The first-order valence-corrected chi connectivity index (χ1v) is 3.19. The highest BCUT2D eigenvalue weighted by atomic mass is 19.4. The lowest BCUT2D eigenvalue weighted by Crippen LogP contribution is -2.07. The summed E-state index contributed by atoms with van der Waals surface area (Å²) in [6.45, 7) is 0. The van der Waals surface area contributed by atoms with Crippen molar-refractivity contribution in [3.05, 3.63) is 26.1 Å². The monoisotopic (exact) mass is 226 g/mol. The van der Waals surface area contributed by atoms with Gasteiger partial charge in [-0.15, -0.1) is 0 Å². The van der Waals surface area contributed by atoms with E-state index in [0.29, 0.717) is 0 Å². The molecule has 0 saturated carbocycles. The molecule has 0 saturated heterocycles. The van der Waals surface area contributed by atoms with Crippen molar-refractivity contribution in [1.29, 1.82) is 0 Å². The van der Waals surface area contributed by atoms with E-state index in [1.54, 1.807) is 0 Å². The van der Waals surface area contributed by atoms with Crippen LogP contribution in [0.3, 0.4) is 0 Å². The smallest absolute Gasteiger partial charge is 0.358 e. The summed E-state index contributed by atoms with van der Waals surface area (Å²) in [5.74, 6) is -4.64. The fourth-order valence-corrected chi connectivity index (χ4v) is 0.744. The van der Waals surface area contributed by atoms with E-state index in [1.165, 1.54) is 4.98 Å². The zero-order valence-electron chi connectivity index (χ0n) is 6.61. The van der Waals surface area contributed by atoms with Gasteiger partial charge in [-0.25, -0.2) is 0 Å². The topological polar surface area (TPSA) is 115 Å². The van der Waals surface area contributed by atoms with E-state index in [2.05, 4.69) is 4.98 Å². The van der Waals surface area contributed by atoms with E-state index in [-0.39, 0.29) is 0 Å². The van der Waals surface area contributed by atoms with E-state index in [4.69, 9.17) is 0 Å². The second-order valence-electron chi connectivity index (χ2n) is 2.27. The Labute approximate surface area is 78.0 Å². The molecule has 8 nitrogen and oxygen atoms in total. The molecule has 0 spiro atoms. The third-order valence-electron chi connectivity index (χ3n) is 1.29. The Bertz CT molecular complexity index is 393. The third-order valence-corrected chi connectivity index (χ3v) is 1.29. The summed E-state index contributed by atoms with van der Waals surface area (Å²) >= 11 is 0. The molecule has 0 fully saturated rings. The molecule has 0 unspecified atom stereocenters. The maximum absolute atomic E-state index is 12.0. The van der Waals surface area contributed by atoms with Crippen molar-refractivity contribution >= 4 is 11.6 Å². The molecule has 82 valence electrons. The first kappa shape index (κ1) is 10.9. The fraction of sp³-hybridized carbons (Fsp3) is 0.250. The minimum absolute atomic E-state index is 1.23. The predicted octanol–water partition coefficient (Wildman–Crippen LogP) is 1.24. The van der Waals surface area contributed by atoms with Crippen LogP contribution in [-0.4, -0.2) is 19.8 Å². The van der Waals surface area contributed by atoms with Gasteiger partial charge in [0.2, 0.25) is 0 Å². The van der Waals surface area contributed by atoms with Crippen LogP contribution in [0.25, 0.3) is 0 Å². The van der Waals surface area contributed by atoms with Gasteiger partial charge in [0.05, 0.1) is 0 Å². The second-order valence-corrected chi connectivity index (χ2v) is 2.27. The molecule has 1 aromatic heterocycles. The standard InChI is InChI=1S/C4HF3N4O4/c5-4(6,7)3-8-1(10(12)13)2(9-3)11(14)15/h(H,8,9). The van der Waals surface area contributed by atoms with Gasteiger partial charge in [-0.05, 0) is 9.85 Å². The number of aromatic amines is 1. The van der Waals surface area contributed by atoms with E-state index in [9.17, 15) is 33.4 Å². The van der Waals surface area contributed by atoms with Crippen molar-refractivity contribution in [2.24, 2.45) is 0 Å². The summed E-state index contributed by atoms with van der Waals surface area (Å²) in [6.07, 6.45) is -5.00. The number of rotatable bonds is 2. The molecule has 0 aliphatic heterocycles. The van der Waals surface area contributed by atoms with E-state index >= 15 is 0 Å². The average molecular weight is 226 g/mol. The zero-order chi connectivity index (χ0) is 11.8. The van der Waals surface area contributed by atoms with Crippen molar-refractivity contribution < 1.29 is 23.0 Å². The number of imidazole rings is 1. The lowest BCUT2D eigenvalue weighted by atomic mass is 10.6. The predicted molar refractivity (Wildman–Crippen MR) is 36.9 cm³/mol. The number of H-pyrrole nitrogens is 1. The molecular formula is C4HF3N4O4. The Morgan fingerprint density at radius 1 is 1.20 bits per heavy atom. The van der Waals surface area contributed by atoms with Crippen molar-refractivity contribution in [3.63, 3.8) is 0 Å². The third kappa shape index (κ3) is 2.00. The molecule has 0 radical (unpaired) electrons. The van der Waals surface area contributed by atoms with Gasteiger partial charge in [0.15, 0.2) is 0 Å². The molecule has 1 N–H and O–H groups in total. The highest BCUT2D eigenvalue weighted by Gasteiger charge is 2.47. The molecule has 0 amide bonds. The van der Waals surface area contributed by atoms with Crippen molar-refractivity contribution in [3.8, 4) is 0 Å². The Morgan fingerprint density at radius 2 is 1.73 bits per heavy atom. The van der Waals surface area contributed by atoms with Gasteiger partial charge in [-0.2, -0.15) is 18.2 Å². The van der Waals surface area contributed by atoms with Crippen LogP contribution in [0.1, 0.15) is 5.82 Å². The Kier molecular flexibility index (Phi) is 2.31. The van der Waals surface area contributed by atoms with Crippen LogP contribution in [0.2, 0.25) is 0 Å². The maximum atomic E-state index is 12.0. The molecule has 1 rings (SSSR count). The number of hydrogen-bond acceptors (Lipinski definition) is 5.